The zero-order valence-electron chi connectivity index (χ0n) is 18.4. The van der Waals surface area contributed by atoms with Crippen molar-refractivity contribution in [3.63, 3.8) is 0 Å². The second-order valence-electron chi connectivity index (χ2n) is 8.67. The topological polar surface area (TPSA) is 50.6 Å². The Hall–Kier alpha value is -3.40. The fourth-order valence-corrected chi connectivity index (χ4v) is 4.52. The molecule has 0 spiro atoms. The standard InChI is InChI=1S/C24H22F4N4O2/c1-30-2-4-31(5-3-30)22-13-29-32(18-9-16(26)8-17(27)10-18)24(33)23(22)34-19-7-14-6-15(25)11-21(28)20(14)12-19/h6,8-11,13,19H,2-5,7,12H2,1H3. The first-order chi connectivity index (χ1) is 16.3. The number of benzene rings is 2. The van der Waals surface area contributed by atoms with Gasteiger partial charge in [0.2, 0.25) is 5.75 Å². The Morgan fingerprint density at radius 2 is 1.59 bits per heavy atom. The van der Waals surface area contributed by atoms with Crippen molar-refractivity contribution in [3.05, 3.63) is 81.3 Å². The average molecular weight is 474 g/mol. The molecule has 0 N–H and O–H groups in total. The molecule has 1 saturated heterocycles. The molecule has 0 amide bonds. The van der Waals surface area contributed by atoms with Crippen LogP contribution in [0.15, 0.2) is 41.3 Å². The zero-order chi connectivity index (χ0) is 24.0. The number of halogens is 4. The summed E-state index contributed by atoms with van der Waals surface area (Å²) in [6.07, 6.45) is 1.22. The molecule has 0 bridgehead atoms. The van der Waals surface area contributed by atoms with Crippen LogP contribution in [0, 0.1) is 23.3 Å². The number of likely N-dealkylation sites (N-methyl/N-ethyl adjacent to an activating group) is 1. The Morgan fingerprint density at radius 1 is 0.912 bits per heavy atom. The summed E-state index contributed by atoms with van der Waals surface area (Å²) in [6.45, 7) is 2.77. The molecular formula is C24H22F4N4O2. The zero-order valence-corrected chi connectivity index (χ0v) is 18.4. The number of anilines is 1. The molecule has 1 fully saturated rings. The van der Waals surface area contributed by atoms with Crippen molar-refractivity contribution in [2.45, 2.75) is 18.9 Å². The molecule has 6 nitrogen and oxygen atoms in total. The summed E-state index contributed by atoms with van der Waals surface area (Å²) in [4.78, 5) is 17.6. The van der Waals surface area contributed by atoms with E-state index in [-0.39, 0.29) is 24.3 Å². The van der Waals surface area contributed by atoms with Gasteiger partial charge in [0.05, 0.1) is 11.9 Å². The largest absolute Gasteiger partial charge is 0.482 e. The summed E-state index contributed by atoms with van der Waals surface area (Å²) < 4.78 is 62.5. The molecule has 1 atom stereocenters. The number of piperazine rings is 1. The van der Waals surface area contributed by atoms with Gasteiger partial charge in [0, 0.05) is 51.2 Å². The maximum Gasteiger partial charge on any atom is 0.316 e. The molecular weight excluding hydrogens is 452 g/mol. The van der Waals surface area contributed by atoms with Crippen molar-refractivity contribution >= 4 is 5.69 Å². The van der Waals surface area contributed by atoms with E-state index in [9.17, 15) is 22.4 Å². The van der Waals surface area contributed by atoms with Gasteiger partial charge in [-0.1, -0.05) is 0 Å². The van der Waals surface area contributed by atoms with E-state index in [2.05, 4.69) is 10.00 Å². The van der Waals surface area contributed by atoms with Gasteiger partial charge in [0.15, 0.2) is 0 Å². The first kappa shape index (κ1) is 22.4. The molecule has 10 heteroatoms. The molecule has 2 aliphatic rings. The van der Waals surface area contributed by atoms with Gasteiger partial charge in [0.1, 0.15) is 35.1 Å². The Balaban J connectivity index is 1.54. The molecule has 178 valence electrons. The first-order valence-corrected chi connectivity index (χ1v) is 10.9. The monoisotopic (exact) mass is 474 g/mol. The molecule has 1 aliphatic carbocycles. The lowest BCUT2D eigenvalue weighted by Gasteiger charge is -2.34. The van der Waals surface area contributed by atoms with E-state index in [1.54, 1.807) is 0 Å². The van der Waals surface area contributed by atoms with Crippen LogP contribution in [0.25, 0.3) is 5.69 Å². The van der Waals surface area contributed by atoms with Gasteiger partial charge < -0.3 is 14.5 Å². The number of ether oxygens (including phenoxy) is 1. The highest BCUT2D eigenvalue weighted by molar-refractivity contribution is 5.57. The molecule has 1 aliphatic heterocycles. The minimum absolute atomic E-state index is 0.0390. The van der Waals surface area contributed by atoms with E-state index in [0.717, 1.165) is 36.0 Å². The van der Waals surface area contributed by atoms with Crippen molar-refractivity contribution in [1.82, 2.24) is 14.7 Å². The van der Waals surface area contributed by atoms with E-state index in [4.69, 9.17) is 4.74 Å². The highest BCUT2D eigenvalue weighted by atomic mass is 19.1. The maximum absolute atomic E-state index is 14.3. The smallest absolute Gasteiger partial charge is 0.316 e. The third-order valence-electron chi connectivity index (χ3n) is 6.27. The van der Waals surface area contributed by atoms with Crippen LogP contribution < -0.4 is 15.2 Å². The van der Waals surface area contributed by atoms with E-state index in [1.165, 1.54) is 12.3 Å². The molecule has 2 heterocycles. The fourth-order valence-electron chi connectivity index (χ4n) is 4.52. The van der Waals surface area contributed by atoms with Crippen LogP contribution >= 0.6 is 0 Å². The SMILES string of the molecule is CN1CCN(c2cnn(-c3cc(F)cc(F)c3)c(=O)c2OC2Cc3cc(F)cc(F)c3C2)CC1. The number of aromatic nitrogens is 2. The van der Waals surface area contributed by atoms with Gasteiger partial charge in [0.25, 0.3) is 0 Å². The third kappa shape index (κ3) is 4.25. The Kier molecular flexibility index (Phi) is 5.76. The van der Waals surface area contributed by atoms with E-state index in [1.807, 2.05) is 11.9 Å². The summed E-state index contributed by atoms with van der Waals surface area (Å²) in [5, 5.41) is 4.15. The summed E-state index contributed by atoms with van der Waals surface area (Å²) in [6, 6.07) is 4.80. The number of rotatable bonds is 4. The second-order valence-corrected chi connectivity index (χ2v) is 8.67. The average Bonchev–Trinajstić information content (AvgIpc) is 3.18. The highest BCUT2D eigenvalue weighted by Gasteiger charge is 2.30. The van der Waals surface area contributed by atoms with Crippen LogP contribution in [-0.2, 0) is 12.8 Å². The number of fused-ring (bicyclic) bond motifs is 1. The van der Waals surface area contributed by atoms with Gasteiger partial charge >= 0.3 is 5.56 Å². The Morgan fingerprint density at radius 3 is 2.29 bits per heavy atom. The number of hydrogen-bond acceptors (Lipinski definition) is 5. The predicted octanol–water partition coefficient (Wildman–Crippen LogP) is 3.09. The Bertz CT molecular complexity index is 1280. The van der Waals surface area contributed by atoms with Crippen LogP contribution in [0.5, 0.6) is 5.75 Å². The maximum atomic E-state index is 14.3. The highest BCUT2D eigenvalue weighted by Crippen LogP contribution is 2.32. The van der Waals surface area contributed by atoms with Crippen molar-refractivity contribution in [2.24, 2.45) is 0 Å². The third-order valence-corrected chi connectivity index (χ3v) is 6.27. The van der Waals surface area contributed by atoms with Crippen LogP contribution in [0.2, 0.25) is 0 Å². The number of hydrogen-bond donors (Lipinski definition) is 0. The van der Waals surface area contributed by atoms with Crippen molar-refractivity contribution < 1.29 is 22.3 Å². The van der Waals surface area contributed by atoms with Crippen LogP contribution in [-0.4, -0.2) is 54.0 Å². The lowest BCUT2D eigenvalue weighted by molar-refractivity contribution is 0.208. The van der Waals surface area contributed by atoms with Gasteiger partial charge in [-0.15, -0.1) is 0 Å². The van der Waals surface area contributed by atoms with Gasteiger partial charge in [-0.05, 0) is 36.4 Å². The van der Waals surface area contributed by atoms with Gasteiger partial charge in [-0.3, -0.25) is 4.79 Å². The minimum atomic E-state index is -0.849. The summed E-state index contributed by atoms with van der Waals surface area (Å²) in [7, 11) is 1.99. The van der Waals surface area contributed by atoms with Crippen molar-refractivity contribution in [3.8, 4) is 11.4 Å². The van der Waals surface area contributed by atoms with Crippen LogP contribution in [0.4, 0.5) is 23.2 Å². The lowest BCUT2D eigenvalue weighted by atomic mass is 10.1. The summed E-state index contributed by atoms with van der Waals surface area (Å²) in [5.74, 6) is -3.06. The number of nitrogens with zero attached hydrogens (tertiary/aromatic N) is 4. The quantitative estimate of drug-likeness (QED) is 0.544. The molecule has 5 rings (SSSR count). The second kappa shape index (κ2) is 8.75. The molecule has 3 aromatic rings. The molecule has 1 aromatic heterocycles. The van der Waals surface area contributed by atoms with E-state index < -0.39 is 34.9 Å². The lowest BCUT2D eigenvalue weighted by Crippen LogP contribution is -2.45. The van der Waals surface area contributed by atoms with Crippen LogP contribution in [0.3, 0.4) is 0 Å². The molecule has 0 saturated carbocycles. The molecule has 1 unspecified atom stereocenters. The summed E-state index contributed by atoms with van der Waals surface area (Å²) >= 11 is 0. The van der Waals surface area contributed by atoms with Crippen LogP contribution in [0.1, 0.15) is 11.1 Å². The van der Waals surface area contributed by atoms with Gasteiger partial charge in [-0.2, -0.15) is 9.78 Å². The normalized spacial score (nSPS) is 18.3. The summed E-state index contributed by atoms with van der Waals surface area (Å²) in [5.41, 5.74) is 0.525. The molecule has 2 aromatic carbocycles. The first-order valence-electron chi connectivity index (χ1n) is 10.9. The van der Waals surface area contributed by atoms with E-state index >= 15 is 0 Å². The predicted molar refractivity (Wildman–Crippen MR) is 118 cm³/mol. The van der Waals surface area contributed by atoms with Crippen molar-refractivity contribution in [1.29, 1.82) is 0 Å². The van der Waals surface area contributed by atoms with Gasteiger partial charge in [-0.25, -0.2) is 17.6 Å². The fraction of sp³-hybridized carbons (Fsp3) is 0.333. The molecule has 0 radical (unpaired) electrons. The van der Waals surface area contributed by atoms with Crippen molar-refractivity contribution in [2.75, 3.05) is 38.1 Å². The Labute approximate surface area is 193 Å². The molecule has 34 heavy (non-hydrogen) atoms. The van der Waals surface area contributed by atoms with E-state index in [0.29, 0.717) is 36.0 Å². The minimum Gasteiger partial charge on any atom is -0.482 e.